The quantitative estimate of drug-likeness (QED) is 0.153. The van der Waals surface area contributed by atoms with Crippen LogP contribution in [0.2, 0.25) is 0 Å². The molecule has 306 valence electrons. The van der Waals surface area contributed by atoms with Crippen molar-refractivity contribution in [2.24, 2.45) is 0 Å². The van der Waals surface area contributed by atoms with Crippen molar-refractivity contribution in [2.45, 2.75) is 105 Å². The van der Waals surface area contributed by atoms with Crippen LogP contribution in [0.1, 0.15) is 105 Å². The van der Waals surface area contributed by atoms with Crippen LogP contribution in [-0.2, 0) is 21.7 Å². The molecule has 0 aliphatic carbocycles. The second-order valence-electron chi connectivity index (χ2n) is 20.2. The Morgan fingerprint density at radius 3 is 0.683 bits per heavy atom. The van der Waals surface area contributed by atoms with E-state index in [4.69, 9.17) is 9.97 Å². The van der Waals surface area contributed by atoms with Crippen LogP contribution in [0.5, 0.6) is 0 Å². The average Bonchev–Trinajstić information content (AvgIpc) is 3.21. The number of hydrogen-bond donors (Lipinski definition) is 0. The van der Waals surface area contributed by atoms with Gasteiger partial charge in [-0.05, 0) is 123 Å². The molecule has 0 unspecified atom stereocenters. The third-order valence-corrected chi connectivity index (χ3v) is 11.5. The summed E-state index contributed by atoms with van der Waals surface area (Å²) in [4.78, 5) is 14.1. The van der Waals surface area contributed by atoms with E-state index >= 15 is 0 Å². The second kappa shape index (κ2) is 16.2. The van der Waals surface area contributed by atoms with Crippen molar-refractivity contribution < 1.29 is 0 Å². The summed E-state index contributed by atoms with van der Waals surface area (Å²) >= 11 is 0. The molecular weight excluding hydrogens is 729 g/mol. The van der Waals surface area contributed by atoms with Gasteiger partial charge in [0.1, 0.15) is 6.33 Å². The number of rotatable bonds is 8. The summed E-state index contributed by atoms with van der Waals surface area (Å²) < 4.78 is 0. The van der Waals surface area contributed by atoms with E-state index in [1.807, 2.05) is 0 Å². The Balaban J connectivity index is 1.18. The van der Waals surface area contributed by atoms with Crippen molar-refractivity contribution in [3.05, 3.63) is 180 Å². The van der Waals surface area contributed by atoms with Crippen molar-refractivity contribution >= 4 is 34.1 Å². The van der Waals surface area contributed by atoms with Gasteiger partial charge in [-0.25, -0.2) is 9.97 Å². The maximum absolute atomic E-state index is 4.73. The molecule has 0 aliphatic heterocycles. The molecule has 0 radical (unpaired) electrons. The van der Waals surface area contributed by atoms with Gasteiger partial charge in [0, 0.05) is 45.3 Å². The van der Waals surface area contributed by atoms with Gasteiger partial charge in [-0.15, -0.1) is 0 Å². The van der Waals surface area contributed by atoms with E-state index in [1.165, 1.54) is 22.3 Å². The maximum Gasteiger partial charge on any atom is 0.116 e. The lowest BCUT2D eigenvalue weighted by molar-refractivity contribution is 0.590. The molecule has 0 amide bonds. The molecule has 4 nitrogen and oxygen atoms in total. The fourth-order valence-electron chi connectivity index (χ4n) is 7.57. The summed E-state index contributed by atoms with van der Waals surface area (Å²) in [5.74, 6) is 0. The molecule has 6 aromatic carbocycles. The molecule has 60 heavy (non-hydrogen) atoms. The molecule has 0 N–H and O–H groups in total. The Labute approximate surface area is 360 Å². The third kappa shape index (κ3) is 9.39. The Morgan fingerprint density at radius 1 is 0.283 bits per heavy atom. The first-order valence-corrected chi connectivity index (χ1v) is 21.3. The minimum Gasteiger partial charge on any atom is -0.311 e. The highest BCUT2D eigenvalue weighted by Crippen LogP contribution is 2.40. The van der Waals surface area contributed by atoms with Crippen LogP contribution in [0.3, 0.4) is 0 Å². The lowest BCUT2D eigenvalue weighted by Crippen LogP contribution is -2.14. The Kier molecular flexibility index (Phi) is 11.4. The number of nitrogens with zero attached hydrogens (tertiary/aromatic N) is 4. The summed E-state index contributed by atoms with van der Waals surface area (Å²) in [6, 6.07) is 55.4. The van der Waals surface area contributed by atoms with Gasteiger partial charge in [0.15, 0.2) is 0 Å². The van der Waals surface area contributed by atoms with E-state index in [0.717, 1.165) is 56.6 Å². The monoisotopic (exact) mass is 790 g/mol. The molecular formula is C56H62N4. The topological polar surface area (TPSA) is 32.3 Å². The summed E-state index contributed by atoms with van der Waals surface area (Å²) in [7, 11) is 0. The van der Waals surface area contributed by atoms with Crippen LogP contribution in [-0.4, -0.2) is 9.97 Å². The fraction of sp³-hybridized carbons (Fsp3) is 0.286. The van der Waals surface area contributed by atoms with Crippen LogP contribution in [0.4, 0.5) is 34.1 Å². The number of anilines is 6. The summed E-state index contributed by atoms with van der Waals surface area (Å²) in [5, 5.41) is 0. The molecule has 0 atom stereocenters. The van der Waals surface area contributed by atoms with Crippen LogP contribution in [0, 0.1) is 0 Å². The normalized spacial score (nSPS) is 12.3. The van der Waals surface area contributed by atoms with Gasteiger partial charge in [-0.3, -0.25) is 0 Å². The van der Waals surface area contributed by atoms with Crippen molar-refractivity contribution in [1.82, 2.24) is 9.97 Å². The molecule has 0 aliphatic rings. The molecule has 0 saturated carbocycles. The number of aromatic nitrogens is 2. The van der Waals surface area contributed by atoms with Gasteiger partial charge in [0.2, 0.25) is 0 Å². The summed E-state index contributed by atoms with van der Waals surface area (Å²) in [5.41, 5.74) is 16.0. The van der Waals surface area contributed by atoms with Gasteiger partial charge in [-0.1, -0.05) is 156 Å². The molecule has 7 rings (SSSR count). The molecule has 7 aromatic rings. The first kappa shape index (κ1) is 42.1. The van der Waals surface area contributed by atoms with Crippen molar-refractivity contribution in [3.63, 3.8) is 0 Å². The van der Waals surface area contributed by atoms with E-state index < -0.39 is 0 Å². The minimum atomic E-state index is 0.0793. The maximum atomic E-state index is 4.73. The van der Waals surface area contributed by atoms with Crippen molar-refractivity contribution in [2.75, 3.05) is 9.80 Å². The van der Waals surface area contributed by atoms with Crippen molar-refractivity contribution in [1.29, 1.82) is 0 Å². The Morgan fingerprint density at radius 2 is 0.483 bits per heavy atom. The van der Waals surface area contributed by atoms with Gasteiger partial charge in [0.25, 0.3) is 0 Å². The van der Waals surface area contributed by atoms with E-state index in [0.29, 0.717) is 0 Å². The molecule has 4 heteroatoms. The fourth-order valence-corrected chi connectivity index (χ4v) is 7.57. The first-order chi connectivity index (χ1) is 28.3. The van der Waals surface area contributed by atoms with Gasteiger partial charge >= 0.3 is 0 Å². The first-order valence-electron chi connectivity index (χ1n) is 21.3. The van der Waals surface area contributed by atoms with Crippen molar-refractivity contribution in [3.8, 4) is 22.5 Å². The highest BCUT2D eigenvalue weighted by molar-refractivity contribution is 5.80. The van der Waals surface area contributed by atoms with Crippen LogP contribution >= 0.6 is 0 Å². The van der Waals surface area contributed by atoms with Crippen LogP contribution in [0.15, 0.2) is 158 Å². The number of benzene rings is 6. The standard InChI is InChI=1S/C56H62N4/c1-53(2,3)41-17-29-47(30-18-41)59(48-31-19-42(20-32-48)54(4,5)6)45-25-13-39(14-26-45)51-37-52(58-38-57-51)40-15-27-46(28-16-40)60(49-33-21-43(22-34-49)55(7,8)9)50-35-23-44(24-36-50)56(10,11)12/h13-38H,1-12H3. The zero-order valence-corrected chi connectivity index (χ0v) is 37.8. The zero-order valence-electron chi connectivity index (χ0n) is 37.8. The molecule has 0 bridgehead atoms. The summed E-state index contributed by atoms with van der Waals surface area (Å²) in [6.07, 6.45) is 1.67. The third-order valence-electron chi connectivity index (χ3n) is 11.5. The van der Waals surface area contributed by atoms with Gasteiger partial charge in [0.05, 0.1) is 11.4 Å². The van der Waals surface area contributed by atoms with E-state index in [1.54, 1.807) is 6.33 Å². The SMILES string of the molecule is CC(C)(C)c1ccc(N(c2ccc(-c3cc(-c4ccc(N(c5ccc(C(C)(C)C)cc5)c5ccc(C(C)(C)C)cc5)cc4)ncn3)cc2)c2ccc(C(C)(C)C)cc2)cc1. The Bertz CT molecular complexity index is 2210. The molecule has 1 heterocycles. The Hall–Kier alpha value is -6.00. The zero-order chi connectivity index (χ0) is 43.0. The van der Waals surface area contributed by atoms with E-state index in [-0.39, 0.29) is 21.7 Å². The molecule has 1 aromatic heterocycles. The second-order valence-corrected chi connectivity index (χ2v) is 20.2. The molecule has 0 spiro atoms. The highest BCUT2D eigenvalue weighted by atomic mass is 15.1. The molecule has 0 fully saturated rings. The predicted molar refractivity (Wildman–Crippen MR) is 257 cm³/mol. The largest absolute Gasteiger partial charge is 0.311 e. The van der Waals surface area contributed by atoms with Gasteiger partial charge in [-0.2, -0.15) is 0 Å². The predicted octanol–water partition coefficient (Wildman–Crippen LogP) is 15.9. The van der Waals surface area contributed by atoms with Crippen LogP contribution in [0.25, 0.3) is 22.5 Å². The average molecular weight is 791 g/mol. The van der Waals surface area contributed by atoms with E-state index in [2.05, 4.69) is 245 Å². The number of hydrogen-bond acceptors (Lipinski definition) is 4. The lowest BCUT2D eigenvalue weighted by atomic mass is 9.86. The summed E-state index contributed by atoms with van der Waals surface area (Å²) in [6.45, 7) is 27.1. The molecule has 0 saturated heterocycles. The van der Waals surface area contributed by atoms with Crippen LogP contribution < -0.4 is 9.80 Å². The van der Waals surface area contributed by atoms with E-state index in [9.17, 15) is 0 Å². The highest BCUT2D eigenvalue weighted by Gasteiger charge is 2.21. The van der Waals surface area contributed by atoms with Gasteiger partial charge < -0.3 is 9.80 Å². The smallest absolute Gasteiger partial charge is 0.116 e. The minimum absolute atomic E-state index is 0.0793. The lowest BCUT2D eigenvalue weighted by Gasteiger charge is -2.28.